The third kappa shape index (κ3) is 4.97. The maximum absolute atomic E-state index is 13.3. The van der Waals surface area contributed by atoms with Gasteiger partial charge < -0.3 is 15.2 Å². The average molecular weight is 357 g/mol. The highest BCUT2D eigenvalue weighted by Gasteiger charge is 2.22. The number of ether oxygens (including phenoxy) is 1. The van der Waals surface area contributed by atoms with Crippen LogP contribution in [0.3, 0.4) is 0 Å². The lowest BCUT2D eigenvalue weighted by atomic mass is 9.82. The second-order valence-electron chi connectivity index (χ2n) is 6.89. The Bertz CT molecular complexity index is 727. The first kappa shape index (κ1) is 18.2. The van der Waals surface area contributed by atoms with Crippen molar-refractivity contribution >= 4 is 5.91 Å². The van der Waals surface area contributed by atoms with Crippen molar-refractivity contribution in [2.45, 2.75) is 25.7 Å². The van der Waals surface area contributed by atoms with Crippen LogP contribution >= 0.6 is 0 Å². The third-order valence-electron chi connectivity index (χ3n) is 4.96. The molecule has 1 fully saturated rings. The Morgan fingerprint density at radius 1 is 1.08 bits per heavy atom. The fraction of sp³-hybridized carbons (Fsp3) is 0.381. The summed E-state index contributed by atoms with van der Waals surface area (Å²) in [6.45, 7) is 1.32. The molecule has 0 bridgehead atoms. The lowest BCUT2D eigenvalue weighted by Crippen LogP contribution is -2.32. The van der Waals surface area contributed by atoms with E-state index in [9.17, 15) is 14.3 Å². The molecule has 0 spiro atoms. The SMILES string of the molecule is O=C(NCC1CCC(COc2ccccc2)CC1)c1ccc(O)c(F)c1. The van der Waals surface area contributed by atoms with Gasteiger partial charge in [-0.05, 0) is 67.9 Å². The van der Waals surface area contributed by atoms with E-state index in [0.29, 0.717) is 18.4 Å². The van der Waals surface area contributed by atoms with Gasteiger partial charge in [-0.2, -0.15) is 0 Å². The first-order chi connectivity index (χ1) is 12.6. The number of hydrogen-bond acceptors (Lipinski definition) is 3. The van der Waals surface area contributed by atoms with Crippen LogP contribution in [-0.4, -0.2) is 24.2 Å². The topological polar surface area (TPSA) is 58.6 Å². The molecule has 3 rings (SSSR count). The summed E-state index contributed by atoms with van der Waals surface area (Å²) in [4.78, 5) is 12.1. The first-order valence-electron chi connectivity index (χ1n) is 9.06. The molecule has 1 aliphatic carbocycles. The number of halogens is 1. The number of phenols is 1. The molecule has 1 amide bonds. The zero-order valence-electron chi connectivity index (χ0n) is 14.7. The Balaban J connectivity index is 1.38. The molecular formula is C21H24FNO3. The Morgan fingerprint density at radius 3 is 2.46 bits per heavy atom. The lowest BCUT2D eigenvalue weighted by molar-refractivity contribution is 0.0937. The van der Waals surface area contributed by atoms with Gasteiger partial charge in [-0.15, -0.1) is 0 Å². The van der Waals surface area contributed by atoms with Crippen LogP contribution in [-0.2, 0) is 0 Å². The van der Waals surface area contributed by atoms with E-state index < -0.39 is 11.6 Å². The minimum atomic E-state index is -0.781. The van der Waals surface area contributed by atoms with Crippen molar-refractivity contribution in [3.63, 3.8) is 0 Å². The van der Waals surface area contributed by atoms with Gasteiger partial charge in [-0.3, -0.25) is 4.79 Å². The molecule has 1 aliphatic rings. The zero-order chi connectivity index (χ0) is 18.4. The van der Waals surface area contributed by atoms with E-state index in [2.05, 4.69) is 5.32 Å². The van der Waals surface area contributed by atoms with Crippen molar-refractivity contribution in [2.24, 2.45) is 11.8 Å². The summed E-state index contributed by atoms with van der Waals surface area (Å²) >= 11 is 0. The molecular weight excluding hydrogens is 333 g/mol. The number of amides is 1. The molecule has 0 saturated heterocycles. The van der Waals surface area contributed by atoms with E-state index in [1.54, 1.807) is 0 Å². The van der Waals surface area contributed by atoms with Gasteiger partial charge in [0.2, 0.25) is 0 Å². The van der Waals surface area contributed by atoms with Crippen LogP contribution in [0.15, 0.2) is 48.5 Å². The zero-order valence-corrected chi connectivity index (χ0v) is 14.7. The largest absolute Gasteiger partial charge is 0.505 e. The summed E-state index contributed by atoms with van der Waals surface area (Å²) in [7, 11) is 0. The van der Waals surface area contributed by atoms with Gasteiger partial charge in [0.1, 0.15) is 5.75 Å². The van der Waals surface area contributed by atoms with Crippen LogP contribution in [0.1, 0.15) is 36.0 Å². The minimum absolute atomic E-state index is 0.227. The molecule has 1 saturated carbocycles. The number of hydrogen-bond donors (Lipinski definition) is 2. The molecule has 2 aromatic carbocycles. The molecule has 0 atom stereocenters. The Morgan fingerprint density at radius 2 is 1.77 bits per heavy atom. The third-order valence-corrected chi connectivity index (χ3v) is 4.96. The van der Waals surface area contributed by atoms with Gasteiger partial charge >= 0.3 is 0 Å². The van der Waals surface area contributed by atoms with Crippen LogP contribution in [0.4, 0.5) is 4.39 Å². The molecule has 0 heterocycles. The highest BCUT2D eigenvalue weighted by Crippen LogP contribution is 2.29. The Kier molecular flexibility index (Phi) is 6.10. The van der Waals surface area contributed by atoms with Gasteiger partial charge in [0.25, 0.3) is 5.91 Å². The fourth-order valence-electron chi connectivity index (χ4n) is 3.32. The molecule has 4 nitrogen and oxygen atoms in total. The highest BCUT2D eigenvalue weighted by atomic mass is 19.1. The van der Waals surface area contributed by atoms with E-state index in [-0.39, 0.29) is 11.5 Å². The van der Waals surface area contributed by atoms with Crippen molar-refractivity contribution in [3.05, 3.63) is 59.9 Å². The molecule has 26 heavy (non-hydrogen) atoms. The summed E-state index contributed by atoms with van der Waals surface area (Å²) in [5.41, 5.74) is 0.227. The van der Waals surface area contributed by atoms with E-state index >= 15 is 0 Å². The van der Waals surface area contributed by atoms with E-state index in [1.165, 1.54) is 12.1 Å². The molecule has 2 aromatic rings. The molecule has 0 aliphatic heterocycles. The summed E-state index contributed by atoms with van der Waals surface area (Å²) in [6, 6.07) is 13.5. The lowest BCUT2D eigenvalue weighted by Gasteiger charge is -2.28. The number of aromatic hydroxyl groups is 1. The van der Waals surface area contributed by atoms with Crippen LogP contribution in [0.25, 0.3) is 0 Å². The van der Waals surface area contributed by atoms with Crippen molar-refractivity contribution < 1.29 is 19.0 Å². The minimum Gasteiger partial charge on any atom is -0.505 e. The Labute approximate surface area is 153 Å². The highest BCUT2D eigenvalue weighted by molar-refractivity contribution is 5.94. The van der Waals surface area contributed by atoms with E-state index in [1.807, 2.05) is 30.3 Å². The van der Waals surface area contributed by atoms with Crippen LogP contribution < -0.4 is 10.1 Å². The number of rotatable bonds is 6. The number of phenolic OH excluding ortho intramolecular Hbond substituents is 1. The predicted octanol–water partition coefficient (Wildman–Crippen LogP) is 4.15. The summed E-state index contributed by atoms with van der Waals surface area (Å²) in [5.74, 6) is 0.359. The summed E-state index contributed by atoms with van der Waals surface area (Å²) in [5, 5.41) is 12.1. The number of carbonyl (C=O) groups excluding carboxylic acids is 1. The number of nitrogens with one attached hydrogen (secondary N) is 1. The normalized spacial score (nSPS) is 19.7. The molecule has 2 N–H and O–H groups in total. The number of benzene rings is 2. The van der Waals surface area contributed by atoms with E-state index in [4.69, 9.17) is 4.74 Å². The number of carbonyl (C=O) groups is 1. The Hall–Kier alpha value is -2.56. The number of para-hydroxylation sites is 1. The molecule has 0 aromatic heterocycles. The second kappa shape index (κ2) is 8.70. The van der Waals surface area contributed by atoms with Gasteiger partial charge in [0.05, 0.1) is 6.61 Å². The average Bonchev–Trinajstić information content (AvgIpc) is 2.68. The molecule has 0 unspecified atom stereocenters. The monoisotopic (exact) mass is 357 g/mol. The van der Waals surface area contributed by atoms with Crippen LogP contribution in [0.2, 0.25) is 0 Å². The van der Waals surface area contributed by atoms with Crippen molar-refractivity contribution in [3.8, 4) is 11.5 Å². The van der Waals surface area contributed by atoms with Gasteiger partial charge in [-0.25, -0.2) is 4.39 Å². The van der Waals surface area contributed by atoms with Crippen molar-refractivity contribution in [1.29, 1.82) is 0 Å². The van der Waals surface area contributed by atoms with Gasteiger partial charge in [-0.1, -0.05) is 18.2 Å². The summed E-state index contributed by atoms with van der Waals surface area (Å²) in [6.07, 6.45) is 4.27. The molecule has 5 heteroatoms. The maximum Gasteiger partial charge on any atom is 0.251 e. The smallest absolute Gasteiger partial charge is 0.251 e. The maximum atomic E-state index is 13.3. The summed E-state index contributed by atoms with van der Waals surface area (Å²) < 4.78 is 19.2. The standard InChI is InChI=1S/C21H24FNO3/c22-19-12-17(10-11-20(19)24)21(25)23-13-15-6-8-16(9-7-15)14-26-18-4-2-1-3-5-18/h1-5,10-12,15-16,24H,6-9,13-14H2,(H,23,25). The van der Waals surface area contributed by atoms with Gasteiger partial charge in [0.15, 0.2) is 11.6 Å². The first-order valence-corrected chi connectivity index (χ1v) is 9.06. The van der Waals surface area contributed by atoms with Crippen molar-refractivity contribution in [1.82, 2.24) is 5.32 Å². The van der Waals surface area contributed by atoms with E-state index in [0.717, 1.165) is 44.1 Å². The van der Waals surface area contributed by atoms with Gasteiger partial charge in [0, 0.05) is 12.1 Å². The molecule has 138 valence electrons. The second-order valence-corrected chi connectivity index (χ2v) is 6.89. The quantitative estimate of drug-likeness (QED) is 0.817. The van der Waals surface area contributed by atoms with Crippen LogP contribution in [0.5, 0.6) is 11.5 Å². The van der Waals surface area contributed by atoms with Crippen LogP contribution in [0, 0.1) is 17.7 Å². The fourth-order valence-corrected chi connectivity index (χ4v) is 3.32. The molecule has 0 radical (unpaired) electrons. The predicted molar refractivity (Wildman–Crippen MR) is 97.8 cm³/mol. The van der Waals surface area contributed by atoms with Crippen molar-refractivity contribution in [2.75, 3.05) is 13.2 Å².